The third kappa shape index (κ3) is 2.81. The van der Waals surface area contributed by atoms with E-state index in [9.17, 15) is 5.11 Å². The van der Waals surface area contributed by atoms with Crippen LogP contribution in [0.25, 0.3) is 0 Å². The number of benzene rings is 1. The van der Waals surface area contributed by atoms with E-state index in [1.807, 2.05) is 11.8 Å². The molecule has 2 nitrogen and oxygen atoms in total. The second kappa shape index (κ2) is 4.79. The van der Waals surface area contributed by atoms with E-state index >= 15 is 0 Å². The fourth-order valence-electron chi connectivity index (χ4n) is 2.05. The lowest BCUT2D eigenvalue weighted by Crippen LogP contribution is -2.13. The van der Waals surface area contributed by atoms with Crippen molar-refractivity contribution >= 4 is 17.4 Å². The van der Waals surface area contributed by atoms with Gasteiger partial charge >= 0.3 is 0 Å². The summed E-state index contributed by atoms with van der Waals surface area (Å²) in [5.74, 6) is 3.58. The lowest BCUT2D eigenvalue weighted by atomic mass is 9.95. The van der Waals surface area contributed by atoms with Crippen molar-refractivity contribution in [2.75, 3.05) is 17.2 Å². The molecule has 0 radical (unpaired) electrons. The molecule has 15 heavy (non-hydrogen) atoms. The van der Waals surface area contributed by atoms with E-state index < -0.39 is 0 Å². The predicted molar refractivity (Wildman–Crippen MR) is 66.3 cm³/mol. The third-order valence-corrected chi connectivity index (χ3v) is 4.17. The summed E-state index contributed by atoms with van der Waals surface area (Å²) >= 11 is 2.03. The van der Waals surface area contributed by atoms with Crippen molar-refractivity contribution < 1.29 is 5.11 Å². The first-order valence-corrected chi connectivity index (χ1v) is 6.56. The summed E-state index contributed by atoms with van der Waals surface area (Å²) in [6, 6.07) is 5.24. The number of thioether (sulfide) groups is 1. The molecule has 2 rings (SSSR count). The normalized spacial score (nSPS) is 21.5. The summed E-state index contributed by atoms with van der Waals surface area (Å²) < 4.78 is 0. The first kappa shape index (κ1) is 10.7. The van der Waals surface area contributed by atoms with Crippen LogP contribution in [0, 0.1) is 5.92 Å². The van der Waals surface area contributed by atoms with Gasteiger partial charge in [0.1, 0.15) is 5.75 Å². The molecule has 82 valence electrons. The molecule has 0 aliphatic carbocycles. The lowest BCUT2D eigenvalue weighted by molar-refractivity contribution is 0.472. The molecule has 3 N–H and O–H groups in total. The van der Waals surface area contributed by atoms with Crippen LogP contribution in [0.2, 0.25) is 0 Å². The van der Waals surface area contributed by atoms with Gasteiger partial charge in [-0.1, -0.05) is 0 Å². The average molecular weight is 223 g/mol. The van der Waals surface area contributed by atoms with E-state index in [1.54, 1.807) is 18.2 Å². The zero-order valence-electron chi connectivity index (χ0n) is 8.78. The van der Waals surface area contributed by atoms with Crippen molar-refractivity contribution in [2.45, 2.75) is 19.3 Å². The van der Waals surface area contributed by atoms with Gasteiger partial charge in [-0.2, -0.15) is 11.8 Å². The first-order chi connectivity index (χ1) is 7.25. The van der Waals surface area contributed by atoms with Crippen LogP contribution in [-0.4, -0.2) is 16.6 Å². The molecule has 0 amide bonds. The van der Waals surface area contributed by atoms with Crippen LogP contribution >= 0.6 is 11.8 Å². The van der Waals surface area contributed by atoms with Gasteiger partial charge in [-0.15, -0.1) is 0 Å². The number of phenols is 1. The topological polar surface area (TPSA) is 46.2 Å². The van der Waals surface area contributed by atoms with Crippen molar-refractivity contribution in [1.29, 1.82) is 0 Å². The van der Waals surface area contributed by atoms with Gasteiger partial charge in [0.25, 0.3) is 0 Å². The average Bonchev–Trinajstić information content (AvgIpc) is 2.25. The van der Waals surface area contributed by atoms with Gasteiger partial charge in [-0.3, -0.25) is 0 Å². The number of nitrogens with two attached hydrogens (primary N) is 1. The molecule has 1 aromatic rings. The van der Waals surface area contributed by atoms with Crippen LogP contribution in [0.3, 0.4) is 0 Å². The van der Waals surface area contributed by atoms with Crippen molar-refractivity contribution in [2.24, 2.45) is 5.92 Å². The van der Waals surface area contributed by atoms with Gasteiger partial charge < -0.3 is 10.8 Å². The van der Waals surface area contributed by atoms with Crippen LogP contribution in [0.5, 0.6) is 5.75 Å². The lowest BCUT2D eigenvalue weighted by Gasteiger charge is -2.21. The van der Waals surface area contributed by atoms with Crippen LogP contribution in [0.15, 0.2) is 18.2 Å². The van der Waals surface area contributed by atoms with Crippen LogP contribution in [0.4, 0.5) is 5.69 Å². The number of hydrogen-bond acceptors (Lipinski definition) is 3. The Morgan fingerprint density at radius 3 is 3.07 bits per heavy atom. The molecule has 1 unspecified atom stereocenters. The Morgan fingerprint density at radius 2 is 2.33 bits per heavy atom. The molecule has 1 aromatic carbocycles. The summed E-state index contributed by atoms with van der Waals surface area (Å²) in [6.45, 7) is 0. The first-order valence-electron chi connectivity index (χ1n) is 5.41. The molecule has 0 saturated carbocycles. The third-order valence-electron chi connectivity index (χ3n) is 2.89. The van der Waals surface area contributed by atoms with E-state index in [1.165, 1.54) is 24.3 Å². The van der Waals surface area contributed by atoms with E-state index in [4.69, 9.17) is 5.73 Å². The molecule has 1 aliphatic heterocycles. The molecule has 1 heterocycles. The highest BCUT2D eigenvalue weighted by molar-refractivity contribution is 7.99. The van der Waals surface area contributed by atoms with Crippen LogP contribution in [-0.2, 0) is 6.42 Å². The van der Waals surface area contributed by atoms with Gasteiger partial charge in [-0.25, -0.2) is 0 Å². The molecule has 1 fully saturated rings. The van der Waals surface area contributed by atoms with Crippen LogP contribution < -0.4 is 5.73 Å². The maximum Gasteiger partial charge on any atom is 0.116 e. The Morgan fingerprint density at radius 1 is 1.47 bits per heavy atom. The predicted octanol–water partition coefficient (Wildman–Crippen LogP) is 2.66. The highest BCUT2D eigenvalue weighted by Gasteiger charge is 2.15. The smallest absolute Gasteiger partial charge is 0.116 e. The van der Waals surface area contributed by atoms with E-state index in [-0.39, 0.29) is 0 Å². The number of phenolic OH excluding ortho intramolecular Hbond substituents is 1. The Balaban J connectivity index is 2.05. The molecular weight excluding hydrogens is 206 g/mol. The number of nitrogen functional groups attached to an aromatic ring is 1. The summed E-state index contributed by atoms with van der Waals surface area (Å²) in [4.78, 5) is 0. The number of rotatable bonds is 2. The molecule has 0 spiro atoms. The largest absolute Gasteiger partial charge is 0.508 e. The Bertz CT molecular complexity index is 334. The SMILES string of the molecule is Nc1ccc(O)cc1CC1CCCSC1. The zero-order valence-corrected chi connectivity index (χ0v) is 9.59. The minimum Gasteiger partial charge on any atom is -0.508 e. The van der Waals surface area contributed by atoms with Crippen molar-refractivity contribution in [3.8, 4) is 5.75 Å². The van der Waals surface area contributed by atoms with Crippen molar-refractivity contribution in [3.05, 3.63) is 23.8 Å². The second-order valence-corrected chi connectivity index (χ2v) is 5.32. The van der Waals surface area contributed by atoms with E-state index in [2.05, 4.69) is 0 Å². The number of anilines is 1. The van der Waals surface area contributed by atoms with Gasteiger partial charge in [0.15, 0.2) is 0 Å². The minimum atomic E-state index is 0.322. The monoisotopic (exact) mass is 223 g/mol. The van der Waals surface area contributed by atoms with Gasteiger partial charge in [0.2, 0.25) is 0 Å². The molecule has 1 aliphatic rings. The molecule has 3 heteroatoms. The zero-order chi connectivity index (χ0) is 10.7. The van der Waals surface area contributed by atoms with Gasteiger partial charge in [-0.05, 0) is 60.4 Å². The molecule has 0 bridgehead atoms. The fraction of sp³-hybridized carbons (Fsp3) is 0.500. The highest BCUT2D eigenvalue weighted by atomic mass is 32.2. The molecular formula is C12H17NOS. The second-order valence-electron chi connectivity index (χ2n) is 4.17. The van der Waals surface area contributed by atoms with Crippen molar-refractivity contribution in [3.63, 3.8) is 0 Å². The van der Waals surface area contributed by atoms with E-state index in [0.717, 1.165) is 23.6 Å². The Labute approximate surface area is 94.9 Å². The van der Waals surface area contributed by atoms with Crippen molar-refractivity contribution in [1.82, 2.24) is 0 Å². The Kier molecular flexibility index (Phi) is 3.41. The summed E-state index contributed by atoms with van der Waals surface area (Å²) in [5, 5.41) is 9.41. The summed E-state index contributed by atoms with van der Waals surface area (Å²) in [6.07, 6.45) is 3.61. The van der Waals surface area contributed by atoms with E-state index in [0.29, 0.717) is 5.75 Å². The standard InChI is InChI=1S/C12H17NOS/c13-12-4-3-11(14)7-10(12)6-9-2-1-5-15-8-9/h3-4,7,9,14H,1-2,5-6,8,13H2. The maximum absolute atomic E-state index is 9.41. The van der Waals surface area contributed by atoms with Gasteiger partial charge in [0, 0.05) is 5.69 Å². The highest BCUT2D eigenvalue weighted by Crippen LogP contribution is 2.28. The molecule has 0 aromatic heterocycles. The molecule has 1 saturated heterocycles. The summed E-state index contributed by atoms with van der Waals surface area (Å²) in [5.41, 5.74) is 7.80. The number of hydrogen-bond donors (Lipinski definition) is 2. The Hall–Kier alpha value is -0.830. The molecule has 1 atom stereocenters. The maximum atomic E-state index is 9.41. The quantitative estimate of drug-likeness (QED) is 0.598. The van der Waals surface area contributed by atoms with Gasteiger partial charge in [0.05, 0.1) is 0 Å². The fourth-order valence-corrected chi connectivity index (χ4v) is 3.20. The van der Waals surface area contributed by atoms with Crippen LogP contribution in [0.1, 0.15) is 18.4 Å². The summed E-state index contributed by atoms with van der Waals surface area (Å²) in [7, 11) is 0. The number of aromatic hydroxyl groups is 1. The minimum absolute atomic E-state index is 0.322.